The third-order valence-electron chi connectivity index (χ3n) is 6.71. The number of pyridine rings is 1. The van der Waals surface area contributed by atoms with E-state index in [1.165, 1.54) is 0 Å². The van der Waals surface area contributed by atoms with Crippen molar-refractivity contribution in [3.8, 4) is 11.3 Å². The van der Waals surface area contributed by atoms with Crippen LogP contribution in [-0.2, 0) is 16.6 Å². The van der Waals surface area contributed by atoms with Gasteiger partial charge in [-0.1, -0.05) is 25.0 Å². The lowest BCUT2D eigenvalue weighted by Crippen LogP contribution is -2.41. The first-order valence-electron chi connectivity index (χ1n) is 11.8. The average Bonchev–Trinajstić information content (AvgIpc) is 3.42. The zero-order chi connectivity index (χ0) is 23.5. The summed E-state index contributed by atoms with van der Waals surface area (Å²) in [6.45, 7) is 1.75. The van der Waals surface area contributed by atoms with Crippen molar-refractivity contribution in [3.63, 3.8) is 0 Å². The first-order chi connectivity index (χ1) is 16.6. The molecular weight excluding hydrogens is 430 g/mol. The van der Waals surface area contributed by atoms with Gasteiger partial charge in [-0.2, -0.15) is 0 Å². The van der Waals surface area contributed by atoms with Crippen LogP contribution in [0.5, 0.6) is 0 Å². The molecule has 176 valence electrons. The Hall–Kier alpha value is -3.52. The van der Waals surface area contributed by atoms with E-state index in [9.17, 15) is 9.59 Å². The van der Waals surface area contributed by atoms with Crippen LogP contribution in [0.4, 0.5) is 11.6 Å². The molecule has 1 saturated heterocycles. The van der Waals surface area contributed by atoms with Crippen LogP contribution in [0.25, 0.3) is 11.3 Å². The Morgan fingerprint density at radius 1 is 1.09 bits per heavy atom. The first kappa shape index (κ1) is 22.3. The maximum Gasteiger partial charge on any atom is 0.255 e. The molecule has 1 N–H and O–H groups in total. The largest absolute Gasteiger partial charge is 0.370 e. The predicted molar refractivity (Wildman–Crippen MR) is 131 cm³/mol. The molecule has 3 heterocycles. The molecule has 1 atom stereocenters. The molecule has 8 heteroatoms. The number of hydrogen-bond acceptors (Lipinski definition) is 6. The van der Waals surface area contributed by atoms with Gasteiger partial charge in [-0.3, -0.25) is 19.1 Å². The fourth-order valence-corrected chi connectivity index (χ4v) is 4.73. The highest BCUT2D eigenvalue weighted by Crippen LogP contribution is 2.28. The smallest absolute Gasteiger partial charge is 0.255 e. The summed E-state index contributed by atoms with van der Waals surface area (Å²) in [6.07, 6.45) is 7.47. The van der Waals surface area contributed by atoms with E-state index in [4.69, 9.17) is 9.72 Å². The first-order valence-corrected chi connectivity index (χ1v) is 11.8. The van der Waals surface area contributed by atoms with E-state index in [1.807, 2.05) is 36.4 Å². The Balaban J connectivity index is 1.32. The van der Waals surface area contributed by atoms with Gasteiger partial charge in [-0.15, -0.1) is 0 Å². The molecule has 0 unspecified atom stereocenters. The maximum atomic E-state index is 12.7. The van der Waals surface area contributed by atoms with E-state index in [-0.39, 0.29) is 23.5 Å². The van der Waals surface area contributed by atoms with Crippen LogP contribution in [0.15, 0.2) is 59.7 Å². The van der Waals surface area contributed by atoms with Gasteiger partial charge in [0.15, 0.2) is 0 Å². The van der Waals surface area contributed by atoms with Crippen LogP contribution in [-0.4, -0.2) is 40.1 Å². The molecule has 0 bridgehead atoms. The number of benzene rings is 1. The highest BCUT2D eigenvalue weighted by Gasteiger charge is 2.26. The van der Waals surface area contributed by atoms with E-state index in [0.717, 1.165) is 42.5 Å². The number of nitrogens with zero attached hydrogens (tertiary/aromatic N) is 4. The molecule has 2 aromatic heterocycles. The molecule has 34 heavy (non-hydrogen) atoms. The van der Waals surface area contributed by atoms with Gasteiger partial charge in [0.2, 0.25) is 11.9 Å². The molecule has 3 aromatic rings. The zero-order valence-electron chi connectivity index (χ0n) is 19.3. The second-order valence-electron chi connectivity index (χ2n) is 8.97. The van der Waals surface area contributed by atoms with Gasteiger partial charge in [0.25, 0.3) is 5.56 Å². The summed E-state index contributed by atoms with van der Waals surface area (Å²) < 4.78 is 7.63. The Bertz CT molecular complexity index is 1200. The molecule has 1 amide bonds. The van der Waals surface area contributed by atoms with Crippen LogP contribution in [0.2, 0.25) is 0 Å². The normalized spacial score (nSPS) is 18.7. The number of nitrogens with one attached hydrogen (secondary N) is 1. The second-order valence-corrected chi connectivity index (χ2v) is 8.97. The summed E-state index contributed by atoms with van der Waals surface area (Å²) >= 11 is 0. The van der Waals surface area contributed by atoms with Gasteiger partial charge < -0.3 is 15.0 Å². The Morgan fingerprint density at radius 2 is 1.82 bits per heavy atom. The topological polar surface area (TPSA) is 89.3 Å². The third-order valence-corrected chi connectivity index (χ3v) is 6.71. The monoisotopic (exact) mass is 459 g/mol. The van der Waals surface area contributed by atoms with Crippen molar-refractivity contribution in [3.05, 3.63) is 70.8 Å². The minimum Gasteiger partial charge on any atom is -0.370 e. The van der Waals surface area contributed by atoms with E-state index < -0.39 is 0 Å². The average molecular weight is 460 g/mol. The van der Waals surface area contributed by atoms with Gasteiger partial charge in [0.05, 0.1) is 18.8 Å². The number of carbonyl (C=O) groups excluding carboxylic acids is 1. The number of aromatic nitrogens is 3. The summed E-state index contributed by atoms with van der Waals surface area (Å²) in [6, 6.07) is 13.1. The minimum atomic E-state index is -0.158. The molecule has 0 radical (unpaired) electrons. The quantitative estimate of drug-likeness (QED) is 0.628. The standard InChI is InChI=1S/C26H29N5O3/c1-30-24(32)16-22(18-10-12-27-13-11-18)29-26(30)31-14-15-34-23(17-31)19-6-8-21(9-7-19)28-25(33)20-4-2-3-5-20/h6-13,16,20,23H,2-5,14-15,17H2,1H3,(H,28,33)/t23-/m1/s1. The van der Waals surface area contributed by atoms with E-state index in [0.29, 0.717) is 31.3 Å². The summed E-state index contributed by atoms with van der Waals surface area (Å²) in [7, 11) is 1.74. The van der Waals surface area contributed by atoms with Gasteiger partial charge in [-0.05, 0) is 42.7 Å². The lowest BCUT2D eigenvalue weighted by molar-refractivity contribution is -0.119. The molecule has 0 spiro atoms. The van der Waals surface area contributed by atoms with Crippen LogP contribution in [0.3, 0.4) is 0 Å². The van der Waals surface area contributed by atoms with Crippen molar-refractivity contribution in [1.29, 1.82) is 0 Å². The summed E-state index contributed by atoms with van der Waals surface area (Å²) in [5.74, 6) is 0.872. The van der Waals surface area contributed by atoms with Crippen molar-refractivity contribution in [1.82, 2.24) is 14.5 Å². The molecule has 5 rings (SSSR count). The molecule has 8 nitrogen and oxygen atoms in total. The number of hydrogen-bond donors (Lipinski definition) is 1. The SMILES string of the molecule is Cn1c(N2CCO[C@@H](c3ccc(NC(=O)C4CCCC4)cc3)C2)nc(-c2ccncc2)cc1=O. The van der Waals surface area contributed by atoms with Crippen LogP contribution < -0.4 is 15.8 Å². The van der Waals surface area contributed by atoms with Gasteiger partial charge >= 0.3 is 0 Å². The van der Waals surface area contributed by atoms with Gasteiger partial charge in [0, 0.05) is 49.2 Å². The Kier molecular flexibility index (Phi) is 6.40. The number of ether oxygens (including phenoxy) is 1. The van der Waals surface area contributed by atoms with Crippen molar-refractivity contribution < 1.29 is 9.53 Å². The van der Waals surface area contributed by atoms with Crippen LogP contribution in [0.1, 0.15) is 37.4 Å². The fraction of sp³-hybridized carbons (Fsp3) is 0.385. The summed E-state index contributed by atoms with van der Waals surface area (Å²) in [4.78, 5) is 36.0. The van der Waals surface area contributed by atoms with Crippen LogP contribution >= 0.6 is 0 Å². The minimum absolute atomic E-state index is 0.109. The van der Waals surface area contributed by atoms with Crippen molar-refractivity contribution in [2.45, 2.75) is 31.8 Å². The Morgan fingerprint density at radius 3 is 2.56 bits per heavy atom. The number of amides is 1. The molecule has 1 aliphatic heterocycles. The maximum absolute atomic E-state index is 12.7. The van der Waals surface area contributed by atoms with E-state index in [2.05, 4.69) is 15.2 Å². The fourth-order valence-electron chi connectivity index (χ4n) is 4.73. The zero-order valence-corrected chi connectivity index (χ0v) is 19.3. The van der Waals surface area contributed by atoms with Gasteiger partial charge in [-0.25, -0.2) is 4.98 Å². The predicted octanol–water partition coefficient (Wildman–Crippen LogP) is 3.55. The van der Waals surface area contributed by atoms with Crippen molar-refractivity contribution in [2.75, 3.05) is 29.9 Å². The van der Waals surface area contributed by atoms with Crippen molar-refractivity contribution in [2.24, 2.45) is 13.0 Å². The second kappa shape index (κ2) is 9.77. The molecule has 1 saturated carbocycles. The molecule has 1 aromatic carbocycles. The summed E-state index contributed by atoms with van der Waals surface area (Å²) in [5.41, 5.74) is 3.21. The number of carbonyl (C=O) groups is 1. The number of morpholine rings is 1. The molecule has 1 aliphatic carbocycles. The number of rotatable bonds is 5. The lowest BCUT2D eigenvalue weighted by Gasteiger charge is -2.34. The van der Waals surface area contributed by atoms with Crippen molar-refractivity contribution >= 4 is 17.5 Å². The molecule has 2 aliphatic rings. The lowest BCUT2D eigenvalue weighted by atomic mass is 10.1. The Labute approximate surface area is 198 Å². The van der Waals surface area contributed by atoms with E-state index >= 15 is 0 Å². The highest BCUT2D eigenvalue weighted by atomic mass is 16.5. The highest BCUT2D eigenvalue weighted by molar-refractivity contribution is 5.92. The molecule has 2 fully saturated rings. The van der Waals surface area contributed by atoms with Crippen LogP contribution in [0, 0.1) is 5.92 Å². The number of anilines is 2. The third kappa shape index (κ3) is 4.72. The summed E-state index contributed by atoms with van der Waals surface area (Å²) in [5, 5.41) is 3.04. The van der Waals surface area contributed by atoms with E-state index in [1.54, 1.807) is 30.1 Å². The molecular formula is C26H29N5O3. The van der Waals surface area contributed by atoms with Gasteiger partial charge in [0.1, 0.15) is 6.10 Å².